The molecule has 1 fully saturated rings. The summed E-state index contributed by atoms with van der Waals surface area (Å²) in [6.07, 6.45) is 2.91. The Morgan fingerprint density at radius 3 is 2.43 bits per heavy atom. The van der Waals surface area contributed by atoms with E-state index in [-0.39, 0.29) is 5.91 Å². The molecule has 2 heterocycles. The Hall–Kier alpha value is -3.55. The van der Waals surface area contributed by atoms with Gasteiger partial charge in [0.1, 0.15) is 5.75 Å². The average Bonchev–Trinajstić information content (AvgIpc) is 3.35. The van der Waals surface area contributed by atoms with E-state index >= 15 is 0 Å². The van der Waals surface area contributed by atoms with Crippen molar-refractivity contribution in [1.29, 1.82) is 0 Å². The van der Waals surface area contributed by atoms with Crippen molar-refractivity contribution in [2.75, 3.05) is 33.4 Å². The molecule has 35 heavy (non-hydrogen) atoms. The summed E-state index contributed by atoms with van der Waals surface area (Å²) in [5.74, 6) is 3.95. The van der Waals surface area contributed by atoms with Crippen LogP contribution < -0.4 is 14.2 Å². The first kappa shape index (κ1) is 24.6. The van der Waals surface area contributed by atoms with Crippen LogP contribution in [0.2, 0.25) is 0 Å². The van der Waals surface area contributed by atoms with Gasteiger partial charge in [-0.25, -0.2) is 0 Å². The van der Waals surface area contributed by atoms with E-state index in [0.717, 1.165) is 49.2 Å². The fourth-order valence-corrected chi connectivity index (χ4v) is 4.32. The molecule has 3 aromatic rings. The zero-order chi connectivity index (χ0) is 24.6. The van der Waals surface area contributed by atoms with Crippen LogP contribution in [0.4, 0.5) is 0 Å². The van der Waals surface area contributed by atoms with E-state index in [1.807, 2.05) is 61.2 Å². The second-order valence-corrected chi connectivity index (χ2v) is 8.59. The van der Waals surface area contributed by atoms with E-state index in [1.165, 1.54) is 0 Å². The smallest absolute Gasteiger partial charge is 0.227 e. The molecule has 0 radical (unpaired) electrons. The van der Waals surface area contributed by atoms with Gasteiger partial charge in [0.25, 0.3) is 0 Å². The maximum atomic E-state index is 12.9. The Balaban J connectivity index is 1.28. The lowest BCUT2D eigenvalue weighted by Gasteiger charge is -2.31. The number of aromatic nitrogens is 2. The molecular formula is C27H33N3O5. The van der Waals surface area contributed by atoms with Crippen LogP contribution >= 0.6 is 0 Å². The highest BCUT2D eigenvalue weighted by Gasteiger charge is 2.25. The van der Waals surface area contributed by atoms with Gasteiger partial charge in [-0.1, -0.05) is 11.2 Å². The number of amides is 1. The zero-order valence-electron chi connectivity index (χ0n) is 20.7. The highest BCUT2D eigenvalue weighted by atomic mass is 16.5. The Morgan fingerprint density at radius 2 is 1.74 bits per heavy atom. The third kappa shape index (κ3) is 6.32. The number of carbonyl (C=O) groups excluding carboxylic acids is 1. The van der Waals surface area contributed by atoms with Crippen LogP contribution in [0.25, 0.3) is 11.4 Å². The Kier molecular flexibility index (Phi) is 8.23. The van der Waals surface area contributed by atoms with E-state index in [4.69, 9.17) is 18.7 Å². The lowest BCUT2D eigenvalue weighted by atomic mass is 9.93. The lowest BCUT2D eigenvalue weighted by molar-refractivity contribution is -0.131. The van der Waals surface area contributed by atoms with Crippen LogP contribution in [0, 0.1) is 5.92 Å². The molecule has 1 saturated heterocycles. The molecule has 0 unspecified atom stereocenters. The normalized spacial score (nSPS) is 14.1. The number of likely N-dealkylation sites (tertiary alicyclic amines) is 1. The average molecular weight is 480 g/mol. The lowest BCUT2D eigenvalue weighted by Crippen LogP contribution is -2.39. The first-order valence-electron chi connectivity index (χ1n) is 12.2. The summed E-state index contributed by atoms with van der Waals surface area (Å²) in [4.78, 5) is 19.4. The van der Waals surface area contributed by atoms with Gasteiger partial charge in [-0.2, -0.15) is 4.98 Å². The van der Waals surface area contributed by atoms with Gasteiger partial charge in [0.05, 0.1) is 26.7 Å². The van der Waals surface area contributed by atoms with Crippen LogP contribution in [0.1, 0.15) is 38.1 Å². The third-order valence-electron chi connectivity index (χ3n) is 6.21. The second-order valence-electron chi connectivity index (χ2n) is 8.59. The highest BCUT2D eigenvalue weighted by molar-refractivity contribution is 5.79. The molecule has 0 bridgehead atoms. The third-order valence-corrected chi connectivity index (χ3v) is 6.21. The van der Waals surface area contributed by atoms with Crippen molar-refractivity contribution in [2.45, 2.75) is 39.5 Å². The van der Waals surface area contributed by atoms with Gasteiger partial charge >= 0.3 is 0 Å². The highest BCUT2D eigenvalue weighted by Crippen LogP contribution is 2.29. The Bertz CT molecular complexity index is 1100. The van der Waals surface area contributed by atoms with Gasteiger partial charge < -0.3 is 23.6 Å². The molecule has 0 spiro atoms. The number of nitrogens with zero attached hydrogens (tertiary/aromatic N) is 3. The summed E-state index contributed by atoms with van der Waals surface area (Å²) >= 11 is 0. The first-order valence-corrected chi connectivity index (χ1v) is 12.2. The number of methoxy groups -OCH3 is 1. The molecule has 0 atom stereocenters. The van der Waals surface area contributed by atoms with E-state index in [2.05, 4.69) is 10.1 Å². The zero-order valence-corrected chi connectivity index (χ0v) is 20.7. The van der Waals surface area contributed by atoms with Gasteiger partial charge in [-0.05, 0) is 74.6 Å². The topological polar surface area (TPSA) is 86.9 Å². The van der Waals surface area contributed by atoms with Gasteiger partial charge in [-0.15, -0.1) is 0 Å². The minimum absolute atomic E-state index is 0.134. The SMILES string of the molecule is CCOc1ccc(CC(=O)N2CCC(Cc3nc(-c4ccc(OC)cc4)no3)CC2)cc1OCC. The Labute approximate surface area is 206 Å². The summed E-state index contributed by atoms with van der Waals surface area (Å²) in [6, 6.07) is 13.3. The molecule has 186 valence electrons. The van der Waals surface area contributed by atoms with Crippen LogP contribution in [-0.4, -0.2) is 54.4 Å². The summed E-state index contributed by atoms with van der Waals surface area (Å²) in [7, 11) is 1.64. The van der Waals surface area contributed by atoms with Crippen LogP contribution in [0.15, 0.2) is 47.0 Å². The van der Waals surface area contributed by atoms with Crippen molar-refractivity contribution in [3.05, 3.63) is 53.9 Å². The van der Waals surface area contributed by atoms with E-state index < -0.39 is 0 Å². The van der Waals surface area contributed by atoms with Crippen LogP contribution in [0.5, 0.6) is 17.2 Å². The van der Waals surface area contributed by atoms with Gasteiger partial charge in [0.2, 0.25) is 17.6 Å². The quantitative estimate of drug-likeness (QED) is 0.421. The molecule has 8 heteroatoms. The molecule has 0 aliphatic carbocycles. The fraction of sp³-hybridized carbons (Fsp3) is 0.444. The van der Waals surface area contributed by atoms with Gasteiger partial charge in [0, 0.05) is 25.1 Å². The van der Waals surface area contributed by atoms with Crippen LogP contribution in [0.3, 0.4) is 0 Å². The molecule has 0 saturated carbocycles. The molecule has 8 nitrogen and oxygen atoms in total. The summed E-state index contributed by atoms with van der Waals surface area (Å²) in [5, 5.41) is 4.12. The predicted molar refractivity (Wildman–Crippen MR) is 132 cm³/mol. The maximum Gasteiger partial charge on any atom is 0.227 e. The number of hydrogen-bond donors (Lipinski definition) is 0. The monoisotopic (exact) mass is 479 g/mol. The molecule has 2 aromatic carbocycles. The van der Waals surface area contributed by atoms with Crippen molar-refractivity contribution in [3.63, 3.8) is 0 Å². The van der Waals surface area contributed by atoms with E-state index in [0.29, 0.717) is 48.8 Å². The number of piperidine rings is 1. The number of carbonyl (C=O) groups is 1. The number of hydrogen-bond acceptors (Lipinski definition) is 7. The minimum Gasteiger partial charge on any atom is -0.497 e. The molecule has 0 N–H and O–H groups in total. The minimum atomic E-state index is 0.134. The number of ether oxygens (including phenoxy) is 3. The standard InChI is InChI=1S/C27H33N3O5/c1-4-33-23-11-6-20(16-24(23)34-5-2)18-26(31)30-14-12-19(13-15-30)17-25-28-27(29-35-25)21-7-9-22(32-3)10-8-21/h6-11,16,19H,4-5,12-15,17-18H2,1-3H3. The fourth-order valence-electron chi connectivity index (χ4n) is 4.32. The van der Waals surface area contributed by atoms with Crippen LogP contribution in [-0.2, 0) is 17.6 Å². The van der Waals surface area contributed by atoms with Crippen molar-refractivity contribution >= 4 is 5.91 Å². The van der Waals surface area contributed by atoms with E-state index in [1.54, 1.807) is 7.11 Å². The van der Waals surface area contributed by atoms with Crippen molar-refractivity contribution in [1.82, 2.24) is 15.0 Å². The molecule has 1 amide bonds. The van der Waals surface area contributed by atoms with Gasteiger partial charge in [0.15, 0.2) is 11.5 Å². The predicted octanol–water partition coefficient (Wildman–Crippen LogP) is 4.57. The Morgan fingerprint density at radius 1 is 1.03 bits per heavy atom. The van der Waals surface area contributed by atoms with Crippen molar-refractivity contribution in [3.8, 4) is 28.6 Å². The second kappa shape index (κ2) is 11.7. The molecule has 1 aliphatic heterocycles. The van der Waals surface area contributed by atoms with Crippen molar-refractivity contribution < 1.29 is 23.5 Å². The summed E-state index contributed by atoms with van der Waals surface area (Å²) in [6.45, 7) is 6.46. The van der Waals surface area contributed by atoms with E-state index in [9.17, 15) is 4.79 Å². The van der Waals surface area contributed by atoms with Gasteiger partial charge in [-0.3, -0.25) is 4.79 Å². The molecular weight excluding hydrogens is 446 g/mol. The molecule has 4 rings (SSSR count). The number of benzene rings is 2. The maximum absolute atomic E-state index is 12.9. The first-order chi connectivity index (χ1) is 17.1. The number of rotatable bonds is 10. The summed E-state index contributed by atoms with van der Waals surface area (Å²) in [5.41, 5.74) is 1.82. The largest absolute Gasteiger partial charge is 0.497 e. The van der Waals surface area contributed by atoms with Crippen molar-refractivity contribution in [2.24, 2.45) is 5.92 Å². The molecule has 1 aromatic heterocycles. The summed E-state index contributed by atoms with van der Waals surface area (Å²) < 4.78 is 22.0. The molecule has 1 aliphatic rings.